The number of carbonyl (C=O) groups is 2. The number of nitrogens with one attached hydrogen (secondary N) is 1. The number of pyridine rings is 1. The molecule has 1 unspecified atom stereocenters. The summed E-state index contributed by atoms with van der Waals surface area (Å²) in [4.78, 5) is 42.3. The first-order valence-electron chi connectivity index (χ1n) is 10.7. The quantitative estimate of drug-likeness (QED) is 0.387. The highest BCUT2D eigenvalue weighted by atomic mass is 16.7. The van der Waals surface area contributed by atoms with Crippen LogP contribution in [0, 0.1) is 5.92 Å². The molecule has 1 atom stereocenters. The molecule has 0 bridgehead atoms. The van der Waals surface area contributed by atoms with E-state index < -0.39 is 24.3 Å². The van der Waals surface area contributed by atoms with E-state index in [1.807, 2.05) is 13.0 Å². The van der Waals surface area contributed by atoms with Crippen LogP contribution in [0.3, 0.4) is 0 Å². The van der Waals surface area contributed by atoms with Gasteiger partial charge in [-0.1, -0.05) is 44.2 Å². The summed E-state index contributed by atoms with van der Waals surface area (Å²) >= 11 is 0. The molecule has 9 heteroatoms. The summed E-state index contributed by atoms with van der Waals surface area (Å²) in [5, 5.41) is 7.40. The molecule has 3 rings (SSSR count). The molecule has 0 spiro atoms. The van der Waals surface area contributed by atoms with Crippen LogP contribution in [-0.2, 0) is 20.8 Å². The van der Waals surface area contributed by atoms with Crippen LogP contribution in [0.15, 0.2) is 59.7 Å². The third-order valence-electron chi connectivity index (χ3n) is 5.04. The lowest BCUT2D eigenvalue weighted by molar-refractivity contribution is -0.156. The lowest BCUT2D eigenvalue weighted by atomic mass is 10.0. The standard InChI is InChI=1S/C24H26N4O5/c1-4-16(3)23(30)32-15-33-24(31)19-20(17-10-7-6-8-11-17)27-28(5-2)22(29)21(19)26-18-12-9-13-25-14-18/h6-14,16,26H,4-5,15H2,1-3H3. The minimum atomic E-state index is -0.843. The Hall–Kier alpha value is -4.01. The number of hydrogen-bond acceptors (Lipinski definition) is 8. The van der Waals surface area contributed by atoms with E-state index in [9.17, 15) is 14.4 Å². The SMILES string of the molecule is CCC(C)C(=O)OCOC(=O)c1c(-c2ccccc2)nn(CC)c(=O)c1Nc1cccnc1. The second kappa shape index (κ2) is 11.0. The summed E-state index contributed by atoms with van der Waals surface area (Å²) in [7, 11) is 0. The van der Waals surface area contributed by atoms with E-state index in [4.69, 9.17) is 9.47 Å². The van der Waals surface area contributed by atoms with Gasteiger partial charge in [0, 0.05) is 18.3 Å². The first-order chi connectivity index (χ1) is 16.0. The molecular formula is C24H26N4O5. The summed E-state index contributed by atoms with van der Waals surface area (Å²) < 4.78 is 11.6. The molecule has 0 aliphatic heterocycles. The van der Waals surface area contributed by atoms with E-state index in [1.54, 1.807) is 56.4 Å². The molecule has 33 heavy (non-hydrogen) atoms. The average molecular weight is 450 g/mol. The van der Waals surface area contributed by atoms with Crippen LogP contribution in [0.2, 0.25) is 0 Å². The lowest BCUT2D eigenvalue weighted by Crippen LogP contribution is -2.29. The van der Waals surface area contributed by atoms with Gasteiger partial charge in [0.1, 0.15) is 16.9 Å². The van der Waals surface area contributed by atoms with E-state index >= 15 is 0 Å². The molecule has 1 N–H and O–H groups in total. The van der Waals surface area contributed by atoms with E-state index in [1.165, 1.54) is 10.9 Å². The van der Waals surface area contributed by atoms with Gasteiger partial charge in [-0.05, 0) is 25.5 Å². The summed E-state index contributed by atoms with van der Waals surface area (Å²) in [6.45, 7) is 5.09. The molecule has 0 aliphatic rings. The van der Waals surface area contributed by atoms with E-state index in [2.05, 4.69) is 15.4 Å². The normalized spacial score (nSPS) is 11.5. The van der Waals surface area contributed by atoms with Gasteiger partial charge in [-0.3, -0.25) is 14.6 Å². The maximum absolute atomic E-state index is 13.2. The van der Waals surface area contributed by atoms with E-state index in [-0.39, 0.29) is 22.9 Å². The molecule has 0 saturated heterocycles. The van der Waals surface area contributed by atoms with Crippen molar-refractivity contribution >= 4 is 23.3 Å². The van der Waals surface area contributed by atoms with Crippen molar-refractivity contribution in [2.45, 2.75) is 33.7 Å². The summed E-state index contributed by atoms with van der Waals surface area (Å²) in [6, 6.07) is 12.4. The predicted molar refractivity (Wildman–Crippen MR) is 123 cm³/mol. The van der Waals surface area contributed by atoms with E-state index in [0.717, 1.165) is 0 Å². The zero-order chi connectivity index (χ0) is 23.8. The smallest absolute Gasteiger partial charge is 0.345 e. The predicted octanol–water partition coefficient (Wildman–Crippen LogP) is 3.77. The fourth-order valence-corrected chi connectivity index (χ4v) is 3.00. The third-order valence-corrected chi connectivity index (χ3v) is 5.04. The largest absolute Gasteiger partial charge is 0.428 e. The van der Waals surface area contributed by atoms with Gasteiger partial charge >= 0.3 is 11.9 Å². The van der Waals surface area contributed by atoms with Crippen molar-refractivity contribution in [3.05, 3.63) is 70.8 Å². The molecular weight excluding hydrogens is 424 g/mol. The van der Waals surface area contributed by atoms with Gasteiger partial charge in [-0.15, -0.1) is 0 Å². The van der Waals surface area contributed by atoms with Crippen molar-refractivity contribution in [3.8, 4) is 11.3 Å². The monoisotopic (exact) mass is 450 g/mol. The molecule has 0 aliphatic carbocycles. The van der Waals surface area contributed by atoms with Gasteiger partial charge in [0.15, 0.2) is 0 Å². The summed E-state index contributed by atoms with van der Waals surface area (Å²) in [5.41, 5.74) is 0.847. The first kappa shape index (κ1) is 23.6. The molecule has 0 fully saturated rings. The number of aryl methyl sites for hydroxylation is 1. The number of carbonyl (C=O) groups excluding carboxylic acids is 2. The van der Waals surface area contributed by atoms with Gasteiger partial charge in [0.05, 0.1) is 17.8 Å². The number of esters is 2. The third kappa shape index (κ3) is 5.62. The Balaban J connectivity index is 2.06. The summed E-state index contributed by atoms with van der Waals surface area (Å²) in [6.07, 6.45) is 3.73. The Kier molecular flexibility index (Phi) is 7.91. The second-order valence-corrected chi connectivity index (χ2v) is 7.27. The number of nitrogens with zero attached hydrogens (tertiary/aromatic N) is 3. The zero-order valence-corrected chi connectivity index (χ0v) is 18.8. The van der Waals surface area contributed by atoms with Gasteiger partial charge in [0.2, 0.25) is 6.79 Å². The number of aromatic nitrogens is 3. The molecule has 1 aromatic carbocycles. The Bertz CT molecular complexity index is 1160. The number of hydrogen-bond donors (Lipinski definition) is 1. The minimum Gasteiger partial charge on any atom is -0.428 e. The summed E-state index contributed by atoms with van der Waals surface area (Å²) in [5.74, 6) is -1.63. The molecule has 0 saturated carbocycles. The molecule has 2 aromatic heterocycles. The first-order valence-corrected chi connectivity index (χ1v) is 10.7. The van der Waals surface area contributed by atoms with Crippen molar-refractivity contribution in [1.82, 2.24) is 14.8 Å². The van der Waals surface area contributed by atoms with Gasteiger partial charge in [-0.25, -0.2) is 9.48 Å². The highest BCUT2D eigenvalue weighted by molar-refractivity contribution is 6.02. The van der Waals surface area contributed by atoms with Gasteiger partial charge in [-0.2, -0.15) is 5.10 Å². The molecule has 0 amide bonds. The Labute approximate surface area is 191 Å². The van der Waals surface area contributed by atoms with Crippen LogP contribution in [0.5, 0.6) is 0 Å². The number of benzene rings is 1. The van der Waals surface area contributed by atoms with Crippen LogP contribution >= 0.6 is 0 Å². The van der Waals surface area contributed by atoms with Crippen LogP contribution in [-0.4, -0.2) is 33.5 Å². The van der Waals surface area contributed by atoms with Crippen LogP contribution in [0.4, 0.5) is 11.4 Å². The van der Waals surface area contributed by atoms with Crippen LogP contribution < -0.4 is 10.9 Å². The molecule has 3 aromatic rings. The molecule has 9 nitrogen and oxygen atoms in total. The Morgan fingerprint density at radius 3 is 2.48 bits per heavy atom. The number of rotatable bonds is 9. The fourth-order valence-electron chi connectivity index (χ4n) is 3.00. The molecule has 0 radical (unpaired) electrons. The van der Waals surface area contributed by atoms with Crippen molar-refractivity contribution < 1.29 is 19.1 Å². The topological polar surface area (TPSA) is 112 Å². The maximum atomic E-state index is 13.2. The van der Waals surface area contributed by atoms with Gasteiger partial charge < -0.3 is 14.8 Å². The van der Waals surface area contributed by atoms with E-state index in [0.29, 0.717) is 24.2 Å². The highest BCUT2D eigenvalue weighted by Gasteiger charge is 2.26. The van der Waals surface area contributed by atoms with Crippen LogP contribution in [0.1, 0.15) is 37.6 Å². The second-order valence-electron chi connectivity index (χ2n) is 7.27. The zero-order valence-electron chi connectivity index (χ0n) is 18.8. The highest BCUT2D eigenvalue weighted by Crippen LogP contribution is 2.27. The maximum Gasteiger partial charge on any atom is 0.345 e. The van der Waals surface area contributed by atoms with Crippen molar-refractivity contribution in [3.63, 3.8) is 0 Å². The van der Waals surface area contributed by atoms with Crippen molar-refractivity contribution in [2.24, 2.45) is 5.92 Å². The Morgan fingerprint density at radius 2 is 1.85 bits per heavy atom. The number of anilines is 2. The lowest BCUT2D eigenvalue weighted by Gasteiger charge is -2.17. The van der Waals surface area contributed by atoms with Crippen molar-refractivity contribution in [2.75, 3.05) is 12.1 Å². The fraction of sp³-hybridized carbons (Fsp3) is 0.292. The Morgan fingerprint density at radius 1 is 1.09 bits per heavy atom. The number of ether oxygens (including phenoxy) is 2. The average Bonchev–Trinajstić information content (AvgIpc) is 2.85. The minimum absolute atomic E-state index is 0.00282. The molecule has 172 valence electrons. The van der Waals surface area contributed by atoms with Crippen LogP contribution in [0.25, 0.3) is 11.3 Å². The molecule has 2 heterocycles. The van der Waals surface area contributed by atoms with Gasteiger partial charge in [0.25, 0.3) is 5.56 Å². The van der Waals surface area contributed by atoms with Crippen molar-refractivity contribution in [1.29, 1.82) is 0 Å².